The van der Waals surface area contributed by atoms with E-state index >= 15 is 0 Å². The Bertz CT molecular complexity index is 248. The lowest BCUT2D eigenvalue weighted by Gasteiger charge is -2.37. The van der Waals surface area contributed by atoms with Gasteiger partial charge in [-0.3, -0.25) is 5.32 Å². The zero-order valence-corrected chi connectivity index (χ0v) is 7.93. The van der Waals surface area contributed by atoms with Gasteiger partial charge < -0.3 is 5.32 Å². The van der Waals surface area contributed by atoms with Crippen LogP contribution in [0.15, 0.2) is 0 Å². The van der Waals surface area contributed by atoms with E-state index in [1.807, 2.05) is 0 Å². The van der Waals surface area contributed by atoms with Crippen molar-refractivity contribution in [1.29, 1.82) is 5.26 Å². The molecule has 1 saturated heterocycles. The Morgan fingerprint density at radius 1 is 1.77 bits per heavy atom. The quantitative estimate of drug-likeness (QED) is 0.588. The Hall–Kier alpha value is -1.03. The van der Waals surface area contributed by atoms with Crippen LogP contribution in [0.1, 0.15) is 13.3 Å². The summed E-state index contributed by atoms with van der Waals surface area (Å²) in [4.78, 5) is 0. The van der Waals surface area contributed by atoms with Crippen LogP contribution in [0.5, 0.6) is 0 Å². The first kappa shape index (κ1) is 10.1. The van der Waals surface area contributed by atoms with Crippen molar-refractivity contribution in [2.24, 2.45) is 5.92 Å². The molecule has 70 valence electrons. The molecule has 1 rings (SSSR count). The minimum absolute atomic E-state index is 0.305. The number of hydrogen-bond acceptors (Lipinski definition) is 3. The molecule has 3 nitrogen and oxygen atoms in total. The van der Waals surface area contributed by atoms with Gasteiger partial charge in [-0.1, -0.05) is 12.8 Å². The van der Waals surface area contributed by atoms with Gasteiger partial charge in [0.1, 0.15) is 5.54 Å². The van der Waals surface area contributed by atoms with Crippen LogP contribution in [0.25, 0.3) is 0 Å². The Balaban J connectivity index is 2.67. The van der Waals surface area contributed by atoms with Crippen LogP contribution in [0.3, 0.4) is 0 Å². The SMILES string of the molecule is C#CCNC1(C#N)CCNCC1C. The lowest BCUT2D eigenvalue weighted by Crippen LogP contribution is -2.57. The summed E-state index contributed by atoms with van der Waals surface area (Å²) in [6, 6.07) is 2.36. The van der Waals surface area contributed by atoms with Gasteiger partial charge in [0, 0.05) is 12.5 Å². The van der Waals surface area contributed by atoms with Gasteiger partial charge in [0.25, 0.3) is 0 Å². The molecular formula is C10H15N3. The van der Waals surface area contributed by atoms with Crippen molar-refractivity contribution in [3.63, 3.8) is 0 Å². The van der Waals surface area contributed by atoms with Crippen molar-refractivity contribution in [3.8, 4) is 18.4 Å². The minimum atomic E-state index is -0.419. The summed E-state index contributed by atoms with van der Waals surface area (Å²) in [5.41, 5.74) is -0.419. The van der Waals surface area contributed by atoms with Gasteiger partial charge in [0.2, 0.25) is 0 Å². The van der Waals surface area contributed by atoms with E-state index in [4.69, 9.17) is 11.7 Å². The van der Waals surface area contributed by atoms with Crippen LogP contribution >= 0.6 is 0 Å². The van der Waals surface area contributed by atoms with E-state index in [0.717, 1.165) is 19.5 Å². The Labute approximate surface area is 79.5 Å². The highest BCUT2D eigenvalue weighted by Crippen LogP contribution is 2.22. The van der Waals surface area contributed by atoms with E-state index in [-0.39, 0.29) is 0 Å². The Morgan fingerprint density at radius 2 is 2.54 bits per heavy atom. The molecule has 2 N–H and O–H groups in total. The maximum Gasteiger partial charge on any atom is 0.112 e. The van der Waals surface area contributed by atoms with Crippen LogP contribution in [0.2, 0.25) is 0 Å². The summed E-state index contributed by atoms with van der Waals surface area (Å²) in [7, 11) is 0. The molecule has 2 atom stereocenters. The number of nitrogens with zero attached hydrogens (tertiary/aromatic N) is 1. The molecule has 3 heteroatoms. The first-order valence-corrected chi connectivity index (χ1v) is 4.55. The van der Waals surface area contributed by atoms with Gasteiger partial charge in [-0.25, -0.2) is 0 Å². The maximum atomic E-state index is 9.13. The molecule has 0 aromatic heterocycles. The lowest BCUT2D eigenvalue weighted by molar-refractivity contribution is 0.235. The second-order valence-corrected chi connectivity index (χ2v) is 3.50. The van der Waals surface area contributed by atoms with Gasteiger partial charge in [-0.2, -0.15) is 5.26 Å². The molecule has 0 amide bonds. The minimum Gasteiger partial charge on any atom is -0.316 e. The van der Waals surface area contributed by atoms with E-state index in [2.05, 4.69) is 29.5 Å². The molecule has 0 aromatic rings. The number of piperidine rings is 1. The lowest BCUT2D eigenvalue weighted by atomic mass is 9.81. The predicted octanol–water partition coefficient (Wildman–Crippen LogP) is 0.101. The van der Waals surface area contributed by atoms with E-state index < -0.39 is 5.54 Å². The zero-order valence-electron chi connectivity index (χ0n) is 7.93. The van der Waals surface area contributed by atoms with Gasteiger partial charge in [-0.15, -0.1) is 6.42 Å². The molecule has 1 aliphatic heterocycles. The van der Waals surface area contributed by atoms with E-state index in [1.54, 1.807) is 0 Å². The summed E-state index contributed by atoms with van der Waals surface area (Å²) in [6.45, 7) is 4.30. The Morgan fingerprint density at radius 3 is 3.08 bits per heavy atom. The van der Waals surface area contributed by atoms with E-state index in [0.29, 0.717) is 12.5 Å². The smallest absolute Gasteiger partial charge is 0.112 e. The molecule has 1 aliphatic rings. The van der Waals surface area contributed by atoms with Crippen molar-refractivity contribution in [2.75, 3.05) is 19.6 Å². The van der Waals surface area contributed by atoms with Crippen LogP contribution in [-0.4, -0.2) is 25.2 Å². The second-order valence-electron chi connectivity index (χ2n) is 3.50. The van der Waals surface area contributed by atoms with Crippen molar-refractivity contribution < 1.29 is 0 Å². The van der Waals surface area contributed by atoms with Crippen LogP contribution < -0.4 is 10.6 Å². The highest BCUT2D eigenvalue weighted by molar-refractivity contribution is 5.13. The largest absolute Gasteiger partial charge is 0.316 e. The fraction of sp³-hybridized carbons (Fsp3) is 0.700. The second kappa shape index (κ2) is 4.28. The Kier molecular flexibility index (Phi) is 3.31. The average molecular weight is 177 g/mol. The van der Waals surface area contributed by atoms with Crippen molar-refractivity contribution in [3.05, 3.63) is 0 Å². The topological polar surface area (TPSA) is 47.9 Å². The molecule has 0 saturated carbocycles. The monoisotopic (exact) mass is 177 g/mol. The predicted molar refractivity (Wildman–Crippen MR) is 51.8 cm³/mol. The first-order valence-electron chi connectivity index (χ1n) is 4.55. The van der Waals surface area contributed by atoms with Crippen molar-refractivity contribution >= 4 is 0 Å². The molecule has 0 radical (unpaired) electrons. The molecule has 13 heavy (non-hydrogen) atoms. The third-order valence-electron chi connectivity index (χ3n) is 2.69. The van der Waals surface area contributed by atoms with Crippen LogP contribution in [-0.2, 0) is 0 Å². The number of nitriles is 1. The summed E-state index contributed by atoms with van der Waals surface area (Å²) in [5.74, 6) is 2.82. The van der Waals surface area contributed by atoms with Crippen LogP contribution in [0.4, 0.5) is 0 Å². The third kappa shape index (κ3) is 2.01. The molecule has 0 aliphatic carbocycles. The molecule has 2 unspecified atom stereocenters. The zero-order chi connectivity index (χ0) is 9.73. The summed E-state index contributed by atoms with van der Waals surface area (Å²) >= 11 is 0. The number of hydrogen-bond donors (Lipinski definition) is 2. The van der Waals surface area contributed by atoms with Crippen LogP contribution in [0, 0.1) is 29.6 Å². The van der Waals surface area contributed by atoms with Gasteiger partial charge in [0.15, 0.2) is 0 Å². The standard InChI is InChI=1S/C10H15N3/c1-3-5-13-10(8-11)4-6-12-7-9(10)2/h1,9,12-13H,4-7H2,2H3. The van der Waals surface area contributed by atoms with E-state index in [1.165, 1.54) is 0 Å². The molecule has 0 bridgehead atoms. The molecule has 1 heterocycles. The van der Waals surface area contributed by atoms with Gasteiger partial charge in [-0.05, 0) is 13.0 Å². The summed E-state index contributed by atoms with van der Waals surface area (Å²) in [6.07, 6.45) is 5.99. The average Bonchev–Trinajstić information content (AvgIpc) is 2.17. The molecular weight excluding hydrogens is 162 g/mol. The maximum absolute atomic E-state index is 9.13. The molecule has 0 aromatic carbocycles. The first-order chi connectivity index (χ1) is 6.25. The fourth-order valence-electron chi connectivity index (χ4n) is 1.70. The molecule has 1 fully saturated rings. The number of rotatable bonds is 2. The van der Waals surface area contributed by atoms with Gasteiger partial charge in [0.05, 0.1) is 12.6 Å². The molecule has 0 spiro atoms. The third-order valence-corrected chi connectivity index (χ3v) is 2.69. The van der Waals surface area contributed by atoms with Gasteiger partial charge >= 0.3 is 0 Å². The summed E-state index contributed by atoms with van der Waals surface area (Å²) in [5, 5.41) is 15.5. The normalized spacial score (nSPS) is 33.3. The van der Waals surface area contributed by atoms with E-state index in [9.17, 15) is 0 Å². The highest BCUT2D eigenvalue weighted by Gasteiger charge is 2.37. The number of terminal acetylenes is 1. The van der Waals surface area contributed by atoms with Crippen molar-refractivity contribution in [1.82, 2.24) is 10.6 Å². The number of nitrogens with one attached hydrogen (secondary N) is 2. The fourth-order valence-corrected chi connectivity index (χ4v) is 1.70. The summed E-state index contributed by atoms with van der Waals surface area (Å²) < 4.78 is 0. The van der Waals surface area contributed by atoms with Crippen molar-refractivity contribution in [2.45, 2.75) is 18.9 Å². The highest BCUT2D eigenvalue weighted by atomic mass is 15.0.